The van der Waals surface area contributed by atoms with E-state index in [2.05, 4.69) is 27.7 Å². The molecule has 0 saturated carbocycles. The van der Waals surface area contributed by atoms with Crippen molar-refractivity contribution in [1.29, 1.82) is 0 Å². The van der Waals surface area contributed by atoms with Gasteiger partial charge in [-0.1, -0.05) is 25.1 Å². The molecule has 0 bridgehead atoms. The molecule has 24 heavy (non-hydrogen) atoms. The van der Waals surface area contributed by atoms with Gasteiger partial charge in [0.2, 0.25) is 5.89 Å². The number of aryl methyl sites for hydroxylation is 1. The Hall–Kier alpha value is -2.41. The highest BCUT2D eigenvalue weighted by molar-refractivity contribution is 5.97. The Balaban J connectivity index is 1.67. The molecule has 1 amide bonds. The normalized spacial score (nSPS) is 17.8. The Kier molecular flexibility index (Phi) is 4.80. The zero-order valence-electron chi connectivity index (χ0n) is 14.1. The number of carbonyl (C=O) groups excluding carboxylic acids is 1. The van der Waals surface area contributed by atoms with Crippen LogP contribution in [0.4, 0.5) is 5.69 Å². The number of nitrogens with zero attached hydrogens (tertiary/aromatic N) is 2. The number of benzene rings is 1. The molecule has 2 aromatic rings. The molecule has 3 rings (SSSR count). The van der Waals surface area contributed by atoms with E-state index < -0.39 is 6.10 Å². The van der Waals surface area contributed by atoms with Crippen molar-refractivity contribution in [2.75, 3.05) is 5.32 Å². The Morgan fingerprint density at radius 2 is 2.21 bits per heavy atom. The van der Waals surface area contributed by atoms with Crippen LogP contribution in [0.5, 0.6) is 5.75 Å². The van der Waals surface area contributed by atoms with Gasteiger partial charge in [0.05, 0.1) is 12.2 Å². The van der Waals surface area contributed by atoms with Gasteiger partial charge < -0.3 is 19.9 Å². The van der Waals surface area contributed by atoms with Crippen LogP contribution in [0, 0.1) is 0 Å². The summed E-state index contributed by atoms with van der Waals surface area (Å²) >= 11 is 0. The Labute approximate surface area is 140 Å². The van der Waals surface area contributed by atoms with Crippen molar-refractivity contribution in [3.63, 3.8) is 0 Å². The van der Waals surface area contributed by atoms with Crippen LogP contribution in [0.3, 0.4) is 0 Å². The molecular formula is C17H22N4O3. The second kappa shape index (κ2) is 7.00. The summed E-state index contributed by atoms with van der Waals surface area (Å²) in [5, 5.41) is 10.2. The molecule has 2 N–H and O–H groups in total. The van der Waals surface area contributed by atoms with Crippen molar-refractivity contribution in [2.24, 2.45) is 0 Å². The molecule has 0 radical (unpaired) electrons. The van der Waals surface area contributed by atoms with Crippen LogP contribution in [0.15, 0.2) is 22.7 Å². The SMILES string of the molecule is CCc1nc(CN[C@H](C)c2ccc3c(c2)O[C@@H](CC)C(=O)N3)no1. The first-order valence-electron chi connectivity index (χ1n) is 8.27. The fourth-order valence-electron chi connectivity index (χ4n) is 2.57. The van der Waals surface area contributed by atoms with E-state index in [9.17, 15) is 4.79 Å². The quantitative estimate of drug-likeness (QED) is 0.846. The van der Waals surface area contributed by atoms with E-state index in [0.29, 0.717) is 36.1 Å². The summed E-state index contributed by atoms with van der Waals surface area (Å²) in [5.74, 6) is 1.90. The van der Waals surface area contributed by atoms with Crippen molar-refractivity contribution < 1.29 is 14.1 Å². The number of rotatable bonds is 6. The number of hydrogen-bond acceptors (Lipinski definition) is 6. The Bertz CT molecular complexity index is 728. The van der Waals surface area contributed by atoms with Crippen LogP contribution in [0.1, 0.15) is 50.5 Å². The lowest BCUT2D eigenvalue weighted by atomic mass is 10.1. The molecule has 7 heteroatoms. The van der Waals surface area contributed by atoms with Crippen LogP contribution < -0.4 is 15.4 Å². The van der Waals surface area contributed by atoms with Gasteiger partial charge in [0.25, 0.3) is 5.91 Å². The number of aromatic nitrogens is 2. The number of amides is 1. The van der Waals surface area contributed by atoms with Gasteiger partial charge in [-0.05, 0) is 31.0 Å². The van der Waals surface area contributed by atoms with Gasteiger partial charge in [-0.25, -0.2) is 0 Å². The molecule has 0 fully saturated rings. The molecule has 1 aromatic carbocycles. The zero-order chi connectivity index (χ0) is 17.1. The molecule has 1 aliphatic rings. The number of hydrogen-bond donors (Lipinski definition) is 2. The Morgan fingerprint density at radius 1 is 1.38 bits per heavy atom. The summed E-state index contributed by atoms with van der Waals surface area (Å²) in [6.45, 7) is 6.49. The second-order valence-electron chi connectivity index (χ2n) is 5.82. The van der Waals surface area contributed by atoms with E-state index in [0.717, 1.165) is 12.0 Å². The minimum Gasteiger partial charge on any atom is -0.478 e. The number of anilines is 1. The molecule has 1 aliphatic heterocycles. The summed E-state index contributed by atoms with van der Waals surface area (Å²) in [5.41, 5.74) is 1.78. The summed E-state index contributed by atoms with van der Waals surface area (Å²) < 4.78 is 10.9. The van der Waals surface area contributed by atoms with Crippen LogP contribution in [0.2, 0.25) is 0 Å². The summed E-state index contributed by atoms with van der Waals surface area (Å²) in [4.78, 5) is 16.1. The first-order chi connectivity index (χ1) is 11.6. The highest BCUT2D eigenvalue weighted by Crippen LogP contribution is 2.33. The lowest BCUT2D eigenvalue weighted by Crippen LogP contribution is -2.36. The first kappa shape index (κ1) is 16.4. The maximum absolute atomic E-state index is 11.8. The first-order valence-corrected chi connectivity index (χ1v) is 8.27. The molecule has 2 atom stereocenters. The average molecular weight is 330 g/mol. The smallest absolute Gasteiger partial charge is 0.265 e. The van der Waals surface area contributed by atoms with Crippen molar-refractivity contribution in [3.8, 4) is 5.75 Å². The van der Waals surface area contributed by atoms with E-state index >= 15 is 0 Å². The molecule has 0 spiro atoms. The molecule has 7 nitrogen and oxygen atoms in total. The van der Waals surface area contributed by atoms with Crippen molar-refractivity contribution in [2.45, 2.75) is 52.3 Å². The van der Waals surface area contributed by atoms with Gasteiger partial charge >= 0.3 is 0 Å². The molecule has 1 aromatic heterocycles. The van der Waals surface area contributed by atoms with E-state index in [4.69, 9.17) is 9.26 Å². The molecule has 0 saturated heterocycles. The molecule has 0 unspecified atom stereocenters. The topological polar surface area (TPSA) is 89.3 Å². The van der Waals surface area contributed by atoms with Crippen molar-refractivity contribution in [3.05, 3.63) is 35.5 Å². The minimum atomic E-state index is -0.428. The molecule has 128 valence electrons. The molecule has 2 heterocycles. The molecule has 0 aliphatic carbocycles. The zero-order valence-corrected chi connectivity index (χ0v) is 14.1. The van der Waals surface area contributed by atoms with E-state index in [1.165, 1.54) is 0 Å². The number of fused-ring (bicyclic) bond motifs is 1. The van der Waals surface area contributed by atoms with Crippen LogP contribution in [0.25, 0.3) is 0 Å². The lowest BCUT2D eigenvalue weighted by molar-refractivity contribution is -0.123. The van der Waals surface area contributed by atoms with Crippen molar-refractivity contribution >= 4 is 11.6 Å². The monoisotopic (exact) mass is 330 g/mol. The predicted molar refractivity (Wildman–Crippen MR) is 88.7 cm³/mol. The number of carbonyl (C=O) groups is 1. The van der Waals surface area contributed by atoms with E-state index in [1.807, 2.05) is 32.0 Å². The fourth-order valence-corrected chi connectivity index (χ4v) is 2.57. The van der Waals surface area contributed by atoms with Gasteiger partial charge in [0.1, 0.15) is 5.75 Å². The minimum absolute atomic E-state index is 0.0835. The van der Waals surface area contributed by atoms with Gasteiger partial charge in [0, 0.05) is 12.5 Å². The predicted octanol–water partition coefficient (Wildman–Crippen LogP) is 2.59. The third-order valence-corrected chi connectivity index (χ3v) is 4.07. The van der Waals surface area contributed by atoms with Gasteiger partial charge in [0.15, 0.2) is 11.9 Å². The standard InChI is InChI=1S/C17H22N4O3/c1-4-13-17(22)19-12-7-6-11(8-14(12)23-13)10(3)18-9-15-20-16(5-2)24-21-15/h6-8,10,13,18H,4-5,9H2,1-3H3,(H,19,22)/t10-,13+/m1/s1. The van der Waals surface area contributed by atoms with E-state index in [1.54, 1.807) is 0 Å². The summed E-state index contributed by atoms with van der Waals surface area (Å²) in [6.07, 6.45) is 0.943. The lowest BCUT2D eigenvalue weighted by Gasteiger charge is -2.26. The second-order valence-corrected chi connectivity index (χ2v) is 5.82. The van der Waals surface area contributed by atoms with Gasteiger partial charge in [-0.3, -0.25) is 4.79 Å². The van der Waals surface area contributed by atoms with Crippen LogP contribution in [-0.4, -0.2) is 22.2 Å². The molecular weight excluding hydrogens is 308 g/mol. The summed E-state index contributed by atoms with van der Waals surface area (Å²) in [6, 6.07) is 5.89. The van der Waals surface area contributed by atoms with Crippen molar-refractivity contribution in [1.82, 2.24) is 15.5 Å². The highest BCUT2D eigenvalue weighted by Gasteiger charge is 2.26. The third kappa shape index (κ3) is 3.41. The van der Waals surface area contributed by atoms with Gasteiger partial charge in [-0.2, -0.15) is 4.98 Å². The van der Waals surface area contributed by atoms with Crippen LogP contribution in [-0.2, 0) is 17.8 Å². The number of nitrogens with one attached hydrogen (secondary N) is 2. The third-order valence-electron chi connectivity index (χ3n) is 4.07. The largest absolute Gasteiger partial charge is 0.478 e. The maximum atomic E-state index is 11.8. The number of ether oxygens (including phenoxy) is 1. The summed E-state index contributed by atoms with van der Waals surface area (Å²) in [7, 11) is 0. The van der Waals surface area contributed by atoms with Crippen LogP contribution >= 0.6 is 0 Å². The van der Waals surface area contributed by atoms with Gasteiger partial charge in [-0.15, -0.1) is 0 Å². The highest BCUT2D eigenvalue weighted by atomic mass is 16.5. The Morgan fingerprint density at radius 3 is 2.92 bits per heavy atom. The fraction of sp³-hybridized carbons (Fsp3) is 0.471. The average Bonchev–Trinajstić information content (AvgIpc) is 3.06. The van der Waals surface area contributed by atoms with E-state index in [-0.39, 0.29) is 11.9 Å². The maximum Gasteiger partial charge on any atom is 0.265 e.